The van der Waals surface area contributed by atoms with E-state index in [-0.39, 0.29) is 11.7 Å². The van der Waals surface area contributed by atoms with Gasteiger partial charge in [0.05, 0.1) is 4.88 Å². The summed E-state index contributed by atoms with van der Waals surface area (Å²) < 4.78 is 13.6. The first-order valence-corrected chi connectivity index (χ1v) is 9.53. The van der Waals surface area contributed by atoms with E-state index in [0.29, 0.717) is 4.90 Å². The Balaban J connectivity index is 1.41. The predicted molar refractivity (Wildman–Crippen MR) is 93.8 cm³/mol. The Labute approximate surface area is 144 Å². The summed E-state index contributed by atoms with van der Waals surface area (Å²) >= 11 is 3.04. The zero-order valence-electron chi connectivity index (χ0n) is 12.8. The Morgan fingerprint density at radius 3 is 2.61 bits per heavy atom. The molecule has 0 atom stereocenters. The minimum atomic E-state index is -0.149. The van der Waals surface area contributed by atoms with E-state index in [1.54, 1.807) is 17.8 Å². The molecule has 23 heavy (non-hydrogen) atoms. The van der Waals surface area contributed by atoms with E-state index < -0.39 is 0 Å². The number of amides is 1. The number of thioether (sulfide) groups is 1. The lowest BCUT2D eigenvalue weighted by Crippen LogP contribution is -2.49. The van der Waals surface area contributed by atoms with Crippen molar-refractivity contribution in [3.63, 3.8) is 0 Å². The first kappa shape index (κ1) is 16.5. The van der Waals surface area contributed by atoms with Gasteiger partial charge in [-0.3, -0.25) is 9.69 Å². The Morgan fingerprint density at radius 2 is 1.91 bits per heavy atom. The summed E-state index contributed by atoms with van der Waals surface area (Å²) in [5.41, 5.74) is 0. The molecular formula is C17H19FN2OS2. The van der Waals surface area contributed by atoms with E-state index in [9.17, 15) is 9.18 Å². The highest BCUT2D eigenvalue weighted by atomic mass is 32.2. The van der Waals surface area contributed by atoms with Crippen LogP contribution in [-0.4, -0.2) is 54.2 Å². The summed E-state index contributed by atoms with van der Waals surface area (Å²) in [4.78, 5) is 18.1. The van der Waals surface area contributed by atoms with Gasteiger partial charge in [-0.1, -0.05) is 18.2 Å². The molecule has 0 radical (unpaired) electrons. The Hall–Kier alpha value is -1.37. The Kier molecular flexibility index (Phi) is 5.70. The fourth-order valence-corrected chi connectivity index (χ4v) is 4.22. The van der Waals surface area contributed by atoms with Gasteiger partial charge in [0.2, 0.25) is 0 Å². The van der Waals surface area contributed by atoms with Crippen molar-refractivity contribution in [3.8, 4) is 0 Å². The van der Waals surface area contributed by atoms with Crippen molar-refractivity contribution in [3.05, 3.63) is 52.5 Å². The van der Waals surface area contributed by atoms with Crippen LogP contribution in [-0.2, 0) is 0 Å². The van der Waals surface area contributed by atoms with Crippen LogP contribution >= 0.6 is 23.1 Å². The van der Waals surface area contributed by atoms with Crippen LogP contribution in [0.1, 0.15) is 9.67 Å². The van der Waals surface area contributed by atoms with Crippen LogP contribution in [0.2, 0.25) is 0 Å². The van der Waals surface area contributed by atoms with Crippen molar-refractivity contribution < 1.29 is 9.18 Å². The zero-order valence-corrected chi connectivity index (χ0v) is 14.4. The van der Waals surface area contributed by atoms with Crippen LogP contribution in [0.4, 0.5) is 4.39 Å². The van der Waals surface area contributed by atoms with E-state index >= 15 is 0 Å². The minimum absolute atomic E-state index is 0.139. The standard InChI is InChI=1S/C17H19FN2OS2/c18-14-4-1-2-5-15(14)23-13-11-19-7-9-20(10-8-19)17(21)16-6-3-12-22-16/h1-6,12H,7-11,13H2. The molecule has 1 amide bonds. The number of carbonyl (C=O) groups excluding carboxylic acids is 1. The second-order valence-electron chi connectivity index (χ2n) is 5.39. The number of halogens is 1. The number of nitrogens with zero attached hydrogens (tertiary/aromatic N) is 2. The number of benzene rings is 1. The molecule has 2 aromatic rings. The van der Waals surface area contributed by atoms with Gasteiger partial charge in [-0.2, -0.15) is 0 Å². The molecule has 0 spiro atoms. The number of rotatable bonds is 5. The van der Waals surface area contributed by atoms with Gasteiger partial charge in [0.25, 0.3) is 5.91 Å². The zero-order chi connectivity index (χ0) is 16.1. The summed E-state index contributed by atoms with van der Waals surface area (Å²) in [6.45, 7) is 4.21. The molecule has 1 aliphatic rings. The van der Waals surface area contributed by atoms with Crippen molar-refractivity contribution in [2.75, 3.05) is 38.5 Å². The molecule has 2 heterocycles. The van der Waals surface area contributed by atoms with Gasteiger partial charge in [0.1, 0.15) is 5.82 Å². The fourth-order valence-electron chi connectivity index (χ4n) is 2.58. The second kappa shape index (κ2) is 7.95. The molecular weight excluding hydrogens is 331 g/mol. The maximum atomic E-state index is 13.6. The molecule has 0 N–H and O–H groups in total. The number of thiophene rings is 1. The molecule has 0 saturated carbocycles. The monoisotopic (exact) mass is 350 g/mol. The molecule has 1 aromatic carbocycles. The van der Waals surface area contributed by atoms with Crippen LogP contribution < -0.4 is 0 Å². The van der Waals surface area contributed by atoms with Gasteiger partial charge in [-0.05, 0) is 23.6 Å². The summed E-state index contributed by atoms with van der Waals surface area (Å²) in [6.07, 6.45) is 0. The van der Waals surface area contributed by atoms with E-state index in [0.717, 1.165) is 43.4 Å². The first-order chi connectivity index (χ1) is 11.2. The summed E-state index contributed by atoms with van der Waals surface area (Å²) in [7, 11) is 0. The third-order valence-corrected chi connectivity index (χ3v) is 5.78. The highest BCUT2D eigenvalue weighted by Crippen LogP contribution is 2.21. The summed E-state index contributed by atoms with van der Waals surface area (Å²) in [5, 5.41) is 1.93. The third-order valence-electron chi connectivity index (χ3n) is 3.89. The van der Waals surface area contributed by atoms with Gasteiger partial charge in [0, 0.05) is 43.4 Å². The minimum Gasteiger partial charge on any atom is -0.335 e. The molecule has 1 aliphatic heterocycles. The second-order valence-corrected chi connectivity index (χ2v) is 7.47. The number of piperazine rings is 1. The van der Waals surface area contributed by atoms with Crippen LogP contribution in [0, 0.1) is 5.82 Å². The van der Waals surface area contributed by atoms with E-state index in [1.165, 1.54) is 17.4 Å². The van der Waals surface area contributed by atoms with Crippen molar-refractivity contribution >= 4 is 29.0 Å². The lowest BCUT2D eigenvalue weighted by Gasteiger charge is -2.34. The average Bonchev–Trinajstić information content (AvgIpc) is 3.11. The highest BCUT2D eigenvalue weighted by molar-refractivity contribution is 7.99. The maximum absolute atomic E-state index is 13.6. The van der Waals surface area contributed by atoms with Gasteiger partial charge < -0.3 is 4.90 Å². The molecule has 3 rings (SSSR count). The predicted octanol–water partition coefficient (Wildman–Crippen LogP) is 3.44. The lowest BCUT2D eigenvalue weighted by molar-refractivity contribution is 0.0649. The molecule has 1 saturated heterocycles. The van der Waals surface area contributed by atoms with E-state index in [2.05, 4.69) is 4.90 Å². The lowest BCUT2D eigenvalue weighted by atomic mass is 10.3. The van der Waals surface area contributed by atoms with Crippen molar-refractivity contribution in [2.24, 2.45) is 0 Å². The van der Waals surface area contributed by atoms with Crippen molar-refractivity contribution in [1.82, 2.24) is 9.80 Å². The van der Waals surface area contributed by atoms with Crippen molar-refractivity contribution in [1.29, 1.82) is 0 Å². The van der Waals surface area contributed by atoms with Crippen LogP contribution in [0.15, 0.2) is 46.7 Å². The molecule has 122 valence electrons. The molecule has 0 unspecified atom stereocenters. The maximum Gasteiger partial charge on any atom is 0.264 e. The molecule has 1 fully saturated rings. The first-order valence-electron chi connectivity index (χ1n) is 7.66. The van der Waals surface area contributed by atoms with Gasteiger partial charge in [-0.15, -0.1) is 23.1 Å². The van der Waals surface area contributed by atoms with E-state index in [1.807, 2.05) is 34.5 Å². The fraction of sp³-hybridized carbons (Fsp3) is 0.353. The topological polar surface area (TPSA) is 23.6 Å². The molecule has 0 bridgehead atoms. The van der Waals surface area contributed by atoms with Crippen LogP contribution in [0.3, 0.4) is 0 Å². The van der Waals surface area contributed by atoms with E-state index in [4.69, 9.17) is 0 Å². The van der Waals surface area contributed by atoms with Gasteiger partial charge >= 0.3 is 0 Å². The molecule has 6 heteroatoms. The van der Waals surface area contributed by atoms with Crippen LogP contribution in [0.5, 0.6) is 0 Å². The molecule has 1 aromatic heterocycles. The Bertz CT molecular complexity index is 640. The molecule has 3 nitrogen and oxygen atoms in total. The average molecular weight is 350 g/mol. The number of hydrogen-bond donors (Lipinski definition) is 0. The largest absolute Gasteiger partial charge is 0.335 e. The number of carbonyl (C=O) groups is 1. The van der Waals surface area contributed by atoms with Crippen LogP contribution in [0.25, 0.3) is 0 Å². The Morgan fingerprint density at radius 1 is 1.13 bits per heavy atom. The smallest absolute Gasteiger partial charge is 0.264 e. The SMILES string of the molecule is O=C(c1cccs1)N1CCN(CCSc2ccccc2F)CC1. The third kappa shape index (κ3) is 4.34. The summed E-state index contributed by atoms with van der Waals surface area (Å²) in [5.74, 6) is 0.851. The number of hydrogen-bond acceptors (Lipinski definition) is 4. The normalized spacial score (nSPS) is 15.8. The quantitative estimate of drug-likeness (QED) is 0.772. The highest BCUT2D eigenvalue weighted by Gasteiger charge is 2.22. The van der Waals surface area contributed by atoms with Gasteiger partial charge in [-0.25, -0.2) is 4.39 Å². The van der Waals surface area contributed by atoms with Crippen molar-refractivity contribution in [2.45, 2.75) is 4.90 Å². The summed E-state index contributed by atoms with van der Waals surface area (Å²) in [6, 6.07) is 10.7. The molecule has 0 aliphatic carbocycles. The van der Waals surface area contributed by atoms with Gasteiger partial charge in [0.15, 0.2) is 0 Å².